The molecule has 0 amide bonds. The second-order valence-electron chi connectivity index (χ2n) is 4.27. The lowest BCUT2D eigenvalue weighted by atomic mass is 10.1. The quantitative estimate of drug-likeness (QED) is 0.827. The van der Waals surface area contributed by atoms with Crippen LogP contribution in [0.25, 0.3) is 0 Å². The molecule has 0 unspecified atom stereocenters. The van der Waals surface area contributed by atoms with Gasteiger partial charge >= 0.3 is 0 Å². The summed E-state index contributed by atoms with van der Waals surface area (Å²) in [5, 5.41) is 13.4. The van der Waals surface area contributed by atoms with Gasteiger partial charge < -0.3 is 10.4 Å². The Labute approximate surface area is 101 Å². The first-order chi connectivity index (χ1) is 7.66. The van der Waals surface area contributed by atoms with Crippen LogP contribution in [0.5, 0.6) is 5.75 Å². The topological polar surface area (TPSA) is 35.5 Å². The van der Waals surface area contributed by atoms with Crippen LogP contribution >= 0.6 is 11.6 Å². The molecule has 0 aliphatic carbocycles. The second kappa shape index (κ2) is 5.04. The Morgan fingerprint density at radius 3 is 2.69 bits per heavy atom. The smallest absolute Gasteiger partial charge is 0.137 e. The number of nitrogens with zero attached hydrogens (tertiary/aromatic N) is 1. The van der Waals surface area contributed by atoms with E-state index in [1.54, 1.807) is 0 Å². The fraction of sp³-hybridized carbons (Fsp3) is 0.500. The van der Waals surface area contributed by atoms with Crippen LogP contribution in [0, 0.1) is 6.92 Å². The van der Waals surface area contributed by atoms with Crippen molar-refractivity contribution in [1.29, 1.82) is 0 Å². The first-order valence-corrected chi connectivity index (χ1v) is 5.95. The molecule has 16 heavy (non-hydrogen) atoms. The summed E-state index contributed by atoms with van der Waals surface area (Å²) < 4.78 is 0. The third-order valence-electron chi connectivity index (χ3n) is 2.93. The summed E-state index contributed by atoms with van der Waals surface area (Å²) in [7, 11) is 0. The number of piperazine rings is 1. The van der Waals surface area contributed by atoms with Crippen molar-refractivity contribution >= 4 is 11.6 Å². The maximum Gasteiger partial charge on any atom is 0.137 e. The van der Waals surface area contributed by atoms with Crippen LogP contribution in [0.3, 0.4) is 0 Å². The average Bonchev–Trinajstić information content (AvgIpc) is 2.27. The molecule has 0 aromatic heterocycles. The largest absolute Gasteiger partial charge is 0.506 e. The molecular formula is C12H17ClN2O. The van der Waals surface area contributed by atoms with Crippen molar-refractivity contribution in [1.82, 2.24) is 10.2 Å². The summed E-state index contributed by atoms with van der Waals surface area (Å²) >= 11 is 5.96. The lowest BCUT2D eigenvalue weighted by molar-refractivity contribution is 0.233. The molecule has 0 bridgehead atoms. The van der Waals surface area contributed by atoms with Gasteiger partial charge in [-0.25, -0.2) is 0 Å². The first-order valence-electron chi connectivity index (χ1n) is 5.58. The van der Waals surface area contributed by atoms with Crippen LogP contribution in [0.4, 0.5) is 0 Å². The van der Waals surface area contributed by atoms with Gasteiger partial charge in [-0.1, -0.05) is 17.7 Å². The van der Waals surface area contributed by atoms with Crippen molar-refractivity contribution < 1.29 is 5.11 Å². The van der Waals surface area contributed by atoms with Gasteiger partial charge in [0.2, 0.25) is 0 Å². The number of halogens is 1. The van der Waals surface area contributed by atoms with Gasteiger partial charge in [0.15, 0.2) is 0 Å². The molecule has 1 aromatic carbocycles. The minimum absolute atomic E-state index is 0.200. The Morgan fingerprint density at radius 1 is 1.38 bits per heavy atom. The molecule has 1 heterocycles. The molecule has 4 heteroatoms. The Hall–Kier alpha value is -0.770. The highest BCUT2D eigenvalue weighted by molar-refractivity contribution is 6.32. The highest BCUT2D eigenvalue weighted by Gasteiger charge is 2.11. The van der Waals surface area contributed by atoms with E-state index in [2.05, 4.69) is 10.2 Å². The summed E-state index contributed by atoms with van der Waals surface area (Å²) in [6, 6.07) is 3.86. The molecule has 0 saturated carbocycles. The van der Waals surface area contributed by atoms with Crippen molar-refractivity contribution in [2.45, 2.75) is 13.5 Å². The van der Waals surface area contributed by atoms with Gasteiger partial charge in [-0.3, -0.25) is 4.90 Å². The molecule has 0 atom stereocenters. The molecule has 1 aliphatic rings. The van der Waals surface area contributed by atoms with Crippen LogP contribution in [-0.2, 0) is 6.54 Å². The van der Waals surface area contributed by atoms with Gasteiger partial charge in [-0.2, -0.15) is 0 Å². The average molecular weight is 241 g/mol. The zero-order valence-electron chi connectivity index (χ0n) is 9.46. The number of aromatic hydroxyl groups is 1. The van der Waals surface area contributed by atoms with Gasteiger partial charge in [0.05, 0.1) is 5.02 Å². The number of benzene rings is 1. The molecule has 2 rings (SSSR count). The summed E-state index contributed by atoms with van der Waals surface area (Å²) in [5.74, 6) is 0.200. The fourth-order valence-corrected chi connectivity index (χ4v) is 2.32. The Bertz CT molecular complexity index is 352. The van der Waals surface area contributed by atoms with Gasteiger partial charge in [0.1, 0.15) is 5.75 Å². The SMILES string of the molecule is Cc1cc(CN2CCNCC2)cc(Cl)c1O. The van der Waals surface area contributed by atoms with Crippen molar-refractivity contribution in [3.05, 3.63) is 28.3 Å². The molecule has 1 saturated heterocycles. The number of nitrogens with one attached hydrogen (secondary N) is 1. The Kier molecular flexibility index (Phi) is 3.69. The van der Waals surface area contributed by atoms with Crippen LogP contribution in [-0.4, -0.2) is 36.2 Å². The Balaban J connectivity index is 2.09. The molecule has 2 N–H and O–H groups in total. The van der Waals surface area contributed by atoms with Gasteiger partial charge in [0.25, 0.3) is 0 Å². The minimum Gasteiger partial charge on any atom is -0.506 e. The summed E-state index contributed by atoms with van der Waals surface area (Å²) in [6.07, 6.45) is 0. The predicted molar refractivity (Wildman–Crippen MR) is 66.0 cm³/mol. The summed E-state index contributed by atoms with van der Waals surface area (Å²) in [5.41, 5.74) is 2.01. The monoisotopic (exact) mass is 240 g/mol. The number of phenols is 1. The number of phenolic OH excluding ortho intramolecular Hbond substituents is 1. The molecule has 0 spiro atoms. The zero-order chi connectivity index (χ0) is 11.5. The molecule has 0 radical (unpaired) electrons. The second-order valence-corrected chi connectivity index (χ2v) is 4.68. The van der Waals surface area contributed by atoms with Gasteiger partial charge in [0, 0.05) is 32.7 Å². The van der Waals surface area contributed by atoms with Crippen LogP contribution in [0.1, 0.15) is 11.1 Å². The van der Waals surface area contributed by atoms with Crippen molar-refractivity contribution in [2.24, 2.45) is 0 Å². The van der Waals surface area contributed by atoms with E-state index in [0.29, 0.717) is 5.02 Å². The van der Waals surface area contributed by atoms with E-state index in [4.69, 9.17) is 11.6 Å². The molecule has 88 valence electrons. The standard InChI is InChI=1S/C12H17ClN2O/c1-9-6-10(7-11(13)12(9)16)8-15-4-2-14-3-5-15/h6-7,14,16H,2-5,8H2,1H3. The van der Waals surface area contributed by atoms with Gasteiger partial charge in [-0.15, -0.1) is 0 Å². The van der Waals surface area contributed by atoms with Crippen molar-refractivity contribution in [3.8, 4) is 5.75 Å². The maximum atomic E-state index is 9.58. The lowest BCUT2D eigenvalue weighted by Gasteiger charge is -2.27. The van der Waals surface area contributed by atoms with E-state index in [9.17, 15) is 5.11 Å². The molecule has 1 fully saturated rings. The number of hydrogen-bond acceptors (Lipinski definition) is 3. The highest BCUT2D eigenvalue weighted by atomic mass is 35.5. The van der Waals surface area contributed by atoms with Crippen LogP contribution < -0.4 is 5.32 Å². The third-order valence-corrected chi connectivity index (χ3v) is 3.22. The van der Waals surface area contributed by atoms with E-state index >= 15 is 0 Å². The molecular weight excluding hydrogens is 224 g/mol. The lowest BCUT2D eigenvalue weighted by Crippen LogP contribution is -2.42. The van der Waals surface area contributed by atoms with Gasteiger partial charge in [-0.05, 0) is 24.1 Å². The third kappa shape index (κ3) is 2.67. The van der Waals surface area contributed by atoms with E-state index in [-0.39, 0.29) is 5.75 Å². The number of hydrogen-bond donors (Lipinski definition) is 2. The van der Waals surface area contributed by atoms with E-state index in [0.717, 1.165) is 38.3 Å². The highest BCUT2D eigenvalue weighted by Crippen LogP contribution is 2.28. The molecule has 3 nitrogen and oxygen atoms in total. The van der Waals surface area contributed by atoms with Crippen LogP contribution in [0.15, 0.2) is 12.1 Å². The van der Waals surface area contributed by atoms with Crippen LogP contribution in [0.2, 0.25) is 5.02 Å². The zero-order valence-corrected chi connectivity index (χ0v) is 10.2. The van der Waals surface area contributed by atoms with E-state index in [1.807, 2.05) is 19.1 Å². The molecule has 1 aromatic rings. The fourth-order valence-electron chi connectivity index (χ4n) is 2.03. The Morgan fingerprint density at radius 2 is 2.06 bits per heavy atom. The number of rotatable bonds is 2. The first kappa shape index (κ1) is 11.7. The maximum absolute atomic E-state index is 9.58. The van der Waals surface area contributed by atoms with E-state index in [1.165, 1.54) is 5.56 Å². The predicted octanol–water partition coefficient (Wildman–Crippen LogP) is 1.76. The minimum atomic E-state index is 0.200. The summed E-state index contributed by atoms with van der Waals surface area (Å²) in [4.78, 5) is 2.39. The number of aryl methyl sites for hydroxylation is 1. The normalized spacial score (nSPS) is 17.6. The molecule has 1 aliphatic heterocycles. The van der Waals surface area contributed by atoms with Crippen molar-refractivity contribution in [3.63, 3.8) is 0 Å². The van der Waals surface area contributed by atoms with E-state index < -0.39 is 0 Å². The van der Waals surface area contributed by atoms with Crippen molar-refractivity contribution in [2.75, 3.05) is 26.2 Å². The summed E-state index contributed by atoms with van der Waals surface area (Å²) in [6.45, 7) is 7.01.